The number of carbonyl (C=O) groups excluding carboxylic acids is 1. The normalized spacial score (nSPS) is 14.7. The Balaban J connectivity index is 1.95. The molecule has 1 aromatic rings. The van der Waals surface area contributed by atoms with Crippen molar-refractivity contribution in [2.75, 3.05) is 20.3 Å². The molecule has 0 bridgehead atoms. The van der Waals surface area contributed by atoms with Crippen LogP contribution < -0.4 is 10.1 Å². The standard InChI is InChI=1S/C13H15BrINO3/c1-18-13(17)11(15)7-16-6-9-5-10(14)4-8-2-3-19-12(8)9/h4-5,11,16H,2-3,6-7H2,1H3. The van der Waals surface area contributed by atoms with Gasteiger partial charge in [-0.2, -0.15) is 0 Å². The zero-order chi connectivity index (χ0) is 13.8. The number of methoxy groups -OCH3 is 1. The number of nitrogens with one attached hydrogen (secondary N) is 1. The van der Waals surface area contributed by atoms with E-state index < -0.39 is 0 Å². The fourth-order valence-electron chi connectivity index (χ4n) is 2.02. The maximum Gasteiger partial charge on any atom is 0.319 e. The fraction of sp³-hybridized carbons (Fsp3) is 0.462. The molecule has 1 heterocycles. The van der Waals surface area contributed by atoms with E-state index in [-0.39, 0.29) is 9.89 Å². The average molecular weight is 440 g/mol. The summed E-state index contributed by atoms with van der Waals surface area (Å²) >= 11 is 5.59. The van der Waals surface area contributed by atoms with E-state index in [4.69, 9.17) is 4.74 Å². The van der Waals surface area contributed by atoms with Crippen LogP contribution in [-0.4, -0.2) is 30.2 Å². The van der Waals surface area contributed by atoms with E-state index in [1.165, 1.54) is 12.7 Å². The molecule has 1 atom stereocenters. The number of fused-ring (bicyclic) bond motifs is 1. The van der Waals surface area contributed by atoms with Gasteiger partial charge in [-0.1, -0.05) is 38.5 Å². The van der Waals surface area contributed by atoms with Gasteiger partial charge in [0.2, 0.25) is 0 Å². The van der Waals surface area contributed by atoms with Crippen molar-refractivity contribution in [3.05, 3.63) is 27.7 Å². The molecule has 19 heavy (non-hydrogen) atoms. The molecule has 1 aromatic carbocycles. The van der Waals surface area contributed by atoms with Crippen LogP contribution >= 0.6 is 38.5 Å². The highest BCUT2D eigenvalue weighted by molar-refractivity contribution is 14.1. The number of hydrogen-bond acceptors (Lipinski definition) is 4. The maximum absolute atomic E-state index is 11.3. The van der Waals surface area contributed by atoms with Gasteiger partial charge in [0, 0.05) is 29.5 Å². The molecule has 0 radical (unpaired) electrons. The van der Waals surface area contributed by atoms with Crippen LogP contribution in [0.3, 0.4) is 0 Å². The van der Waals surface area contributed by atoms with Crippen molar-refractivity contribution in [1.29, 1.82) is 0 Å². The largest absolute Gasteiger partial charge is 0.493 e. The molecular weight excluding hydrogens is 425 g/mol. The number of benzene rings is 1. The first-order valence-electron chi connectivity index (χ1n) is 5.98. The lowest BCUT2D eigenvalue weighted by Gasteiger charge is -2.12. The van der Waals surface area contributed by atoms with E-state index in [9.17, 15) is 4.79 Å². The van der Waals surface area contributed by atoms with Gasteiger partial charge in [-0.15, -0.1) is 0 Å². The van der Waals surface area contributed by atoms with Gasteiger partial charge in [0.25, 0.3) is 0 Å². The lowest BCUT2D eigenvalue weighted by molar-refractivity contribution is -0.139. The molecule has 0 fully saturated rings. The van der Waals surface area contributed by atoms with Gasteiger partial charge in [-0.25, -0.2) is 0 Å². The molecule has 1 N–H and O–H groups in total. The van der Waals surface area contributed by atoms with Crippen LogP contribution in [0, 0.1) is 0 Å². The Morgan fingerprint density at radius 3 is 3.16 bits per heavy atom. The van der Waals surface area contributed by atoms with Gasteiger partial charge in [0.1, 0.15) is 9.67 Å². The van der Waals surface area contributed by atoms with Crippen molar-refractivity contribution in [2.24, 2.45) is 0 Å². The van der Waals surface area contributed by atoms with Crippen molar-refractivity contribution in [1.82, 2.24) is 5.32 Å². The van der Waals surface area contributed by atoms with Gasteiger partial charge in [0.15, 0.2) is 0 Å². The zero-order valence-electron chi connectivity index (χ0n) is 10.5. The van der Waals surface area contributed by atoms with E-state index in [1.807, 2.05) is 0 Å². The molecule has 0 spiro atoms. The minimum Gasteiger partial charge on any atom is -0.493 e. The van der Waals surface area contributed by atoms with E-state index in [1.54, 1.807) is 0 Å². The number of carbonyl (C=O) groups is 1. The Morgan fingerprint density at radius 1 is 1.63 bits per heavy atom. The van der Waals surface area contributed by atoms with E-state index >= 15 is 0 Å². The Hall–Kier alpha value is -0.340. The molecule has 0 saturated heterocycles. The molecule has 6 heteroatoms. The van der Waals surface area contributed by atoms with Gasteiger partial charge in [-0.3, -0.25) is 4.79 Å². The SMILES string of the molecule is COC(=O)C(I)CNCc1cc(Br)cc2c1OCC2. The lowest BCUT2D eigenvalue weighted by atomic mass is 10.1. The van der Waals surface area contributed by atoms with Crippen LogP contribution in [0.15, 0.2) is 16.6 Å². The Kier molecular flexibility index (Phi) is 5.47. The second kappa shape index (κ2) is 6.90. The molecular formula is C13H15BrINO3. The van der Waals surface area contributed by atoms with Crippen molar-refractivity contribution < 1.29 is 14.3 Å². The minimum absolute atomic E-state index is 0.177. The summed E-state index contributed by atoms with van der Waals surface area (Å²) in [6.07, 6.45) is 0.957. The molecule has 1 aliphatic rings. The summed E-state index contributed by atoms with van der Waals surface area (Å²) < 4.78 is 11.2. The number of esters is 1. The zero-order valence-corrected chi connectivity index (χ0v) is 14.3. The van der Waals surface area contributed by atoms with Crippen LogP contribution in [0.1, 0.15) is 11.1 Å². The molecule has 0 aliphatic carbocycles. The van der Waals surface area contributed by atoms with Crippen LogP contribution in [0.2, 0.25) is 0 Å². The summed E-state index contributed by atoms with van der Waals surface area (Å²) in [7, 11) is 1.41. The van der Waals surface area contributed by atoms with E-state index in [0.717, 1.165) is 28.8 Å². The summed E-state index contributed by atoms with van der Waals surface area (Å²) in [6, 6.07) is 4.15. The first-order chi connectivity index (χ1) is 9.11. The third-order valence-electron chi connectivity index (χ3n) is 2.92. The average Bonchev–Trinajstić information content (AvgIpc) is 2.85. The molecule has 1 unspecified atom stereocenters. The van der Waals surface area contributed by atoms with Crippen LogP contribution in [0.4, 0.5) is 0 Å². The molecule has 0 amide bonds. The first kappa shape index (κ1) is 15.1. The predicted octanol–water partition coefficient (Wildman–Crippen LogP) is 2.45. The molecule has 104 valence electrons. The number of rotatable bonds is 5. The van der Waals surface area contributed by atoms with E-state index in [2.05, 4.69) is 60.7 Å². The van der Waals surface area contributed by atoms with Gasteiger partial charge >= 0.3 is 5.97 Å². The summed E-state index contributed by atoms with van der Waals surface area (Å²) in [4.78, 5) is 11.3. The van der Waals surface area contributed by atoms with Crippen molar-refractivity contribution in [3.8, 4) is 5.75 Å². The molecule has 2 rings (SSSR count). The summed E-state index contributed by atoms with van der Waals surface area (Å²) in [5.74, 6) is 0.780. The monoisotopic (exact) mass is 439 g/mol. The van der Waals surface area contributed by atoms with Gasteiger partial charge in [-0.05, 0) is 17.7 Å². The second-order valence-electron chi connectivity index (χ2n) is 4.27. The fourth-order valence-corrected chi connectivity index (χ4v) is 3.14. The van der Waals surface area contributed by atoms with Gasteiger partial charge in [0.05, 0.1) is 13.7 Å². The number of ether oxygens (including phenoxy) is 2. The highest BCUT2D eigenvalue weighted by Crippen LogP contribution is 2.32. The lowest BCUT2D eigenvalue weighted by Crippen LogP contribution is -2.29. The van der Waals surface area contributed by atoms with Crippen LogP contribution in [0.25, 0.3) is 0 Å². The maximum atomic E-state index is 11.3. The minimum atomic E-state index is -0.205. The molecule has 0 saturated carbocycles. The Morgan fingerprint density at radius 2 is 2.42 bits per heavy atom. The van der Waals surface area contributed by atoms with Crippen LogP contribution in [0.5, 0.6) is 5.75 Å². The predicted molar refractivity (Wildman–Crippen MR) is 84.9 cm³/mol. The molecule has 0 aromatic heterocycles. The molecule has 1 aliphatic heterocycles. The first-order valence-corrected chi connectivity index (χ1v) is 8.02. The smallest absolute Gasteiger partial charge is 0.319 e. The Bertz CT molecular complexity index is 481. The topological polar surface area (TPSA) is 47.6 Å². The third kappa shape index (κ3) is 3.82. The Labute approximate surface area is 134 Å². The van der Waals surface area contributed by atoms with E-state index in [0.29, 0.717) is 13.1 Å². The van der Waals surface area contributed by atoms with Crippen molar-refractivity contribution >= 4 is 44.5 Å². The third-order valence-corrected chi connectivity index (χ3v) is 4.33. The summed E-state index contributed by atoms with van der Waals surface area (Å²) in [5.41, 5.74) is 2.36. The summed E-state index contributed by atoms with van der Waals surface area (Å²) in [5, 5.41) is 3.26. The van der Waals surface area contributed by atoms with Crippen LogP contribution in [-0.2, 0) is 22.5 Å². The molecule has 4 nitrogen and oxygen atoms in total. The highest BCUT2D eigenvalue weighted by atomic mass is 127. The van der Waals surface area contributed by atoms with Crippen molar-refractivity contribution in [3.63, 3.8) is 0 Å². The van der Waals surface area contributed by atoms with Gasteiger partial charge < -0.3 is 14.8 Å². The number of halogens is 2. The number of hydrogen-bond donors (Lipinski definition) is 1. The highest BCUT2D eigenvalue weighted by Gasteiger charge is 2.18. The quantitative estimate of drug-likeness (QED) is 0.435. The summed E-state index contributed by atoms with van der Waals surface area (Å²) in [6.45, 7) is 2.00. The van der Waals surface area contributed by atoms with Crippen molar-refractivity contribution in [2.45, 2.75) is 16.9 Å². The number of alkyl halides is 1. The second-order valence-corrected chi connectivity index (χ2v) is 6.69.